The Morgan fingerprint density at radius 3 is 2.12 bits per heavy atom. The molecule has 1 aliphatic heterocycles. The van der Waals surface area contributed by atoms with E-state index in [1.165, 1.54) is 0 Å². The summed E-state index contributed by atoms with van der Waals surface area (Å²) in [5.74, 6) is -0.0105. The van der Waals surface area contributed by atoms with E-state index in [4.69, 9.17) is 0 Å². The summed E-state index contributed by atoms with van der Waals surface area (Å²) in [6, 6.07) is 31.2. The molecule has 1 unspecified atom stereocenters. The third-order valence-corrected chi connectivity index (χ3v) is 5.85. The van der Waals surface area contributed by atoms with E-state index in [1.807, 2.05) is 85.8 Å². The number of aromatic nitrogens is 1. The largest absolute Gasteiger partial charge is 0.351 e. The van der Waals surface area contributed by atoms with Gasteiger partial charge in [-0.25, -0.2) is 4.98 Å². The molecule has 2 heterocycles. The van der Waals surface area contributed by atoms with Crippen molar-refractivity contribution in [3.8, 4) is 0 Å². The minimum absolute atomic E-state index is 0.198. The quantitative estimate of drug-likeness (QED) is 0.385. The lowest BCUT2D eigenvalue weighted by atomic mass is 9.92. The minimum atomic E-state index is -0.621. The molecule has 4 aromatic rings. The molecule has 1 N–H and O–H groups in total. The number of anilines is 2. The Bertz CT molecular complexity index is 1350. The van der Waals surface area contributed by atoms with Crippen molar-refractivity contribution < 1.29 is 9.59 Å². The van der Waals surface area contributed by atoms with E-state index >= 15 is 0 Å². The number of amides is 1. The molecule has 0 fully saturated rings. The number of hydrogen-bond donors (Lipinski definition) is 1. The van der Waals surface area contributed by atoms with Crippen LogP contribution >= 0.6 is 0 Å². The van der Waals surface area contributed by atoms with Gasteiger partial charge in [-0.3, -0.25) is 14.5 Å². The number of carbonyl (C=O) groups is 2. The number of nitrogens with zero attached hydrogens (tertiary/aromatic N) is 2. The molecule has 1 aliphatic rings. The topological polar surface area (TPSA) is 62.3 Å². The first kappa shape index (κ1) is 21.3. The molecular formula is C29H23N3O2. The standard InChI is InChI=1S/C29H23N3O2/c1-20-15-17-23(18-16-20)31-26-25(28(33)22-12-6-3-7-13-22)27(21-10-4-2-5-11-21)32(29(26)34)24-14-8-9-19-30-24/h2-19,27,31H,1H3. The van der Waals surface area contributed by atoms with Gasteiger partial charge in [-0.1, -0.05) is 84.4 Å². The average molecular weight is 446 g/mol. The van der Waals surface area contributed by atoms with E-state index < -0.39 is 6.04 Å². The SMILES string of the molecule is Cc1ccc(NC2=C(C(=O)c3ccccc3)C(c3ccccc3)N(c3ccccn3)C2=O)cc1. The summed E-state index contributed by atoms with van der Waals surface area (Å²) in [6.45, 7) is 2.00. The lowest BCUT2D eigenvalue weighted by Gasteiger charge is -2.26. The fraction of sp³-hybridized carbons (Fsp3) is 0.0690. The smallest absolute Gasteiger partial charge is 0.277 e. The van der Waals surface area contributed by atoms with Gasteiger partial charge in [-0.2, -0.15) is 0 Å². The van der Waals surface area contributed by atoms with E-state index in [2.05, 4.69) is 10.3 Å². The second kappa shape index (κ2) is 9.16. The highest BCUT2D eigenvalue weighted by molar-refractivity contribution is 6.22. The zero-order valence-corrected chi connectivity index (χ0v) is 18.7. The highest BCUT2D eigenvalue weighted by atomic mass is 16.2. The van der Waals surface area contributed by atoms with Crippen molar-refractivity contribution >= 4 is 23.2 Å². The van der Waals surface area contributed by atoms with Crippen molar-refractivity contribution in [1.29, 1.82) is 0 Å². The normalized spacial score (nSPS) is 15.5. The first-order chi connectivity index (χ1) is 16.6. The van der Waals surface area contributed by atoms with Gasteiger partial charge >= 0.3 is 0 Å². The third kappa shape index (κ3) is 3.99. The number of pyridine rings is 1. The molecule has 0 saturated carbocycles. The summed E-state index contributed by atoms with van der Waals surface area (Å²) in [4.78, 5) is 33.9. The molecular weight excluding hydrogens is 422 g/mol. The fourth-order valence-corrected chi connectivity index (χ4v) is 4.19. The molecule has 1 atom stereocenters. The minimum Gasteiger partial charge on any atom is -0.351 e. The van der Waals surface area contributed by atoms with Crippen LogP contribution in [0.2, 0.25) is 0 Å². The number of benzene rings is 3. The maximum absolute atomic E-state index is 13.9. The van der Waals surface area contributed by atoms with E-state index in [9.17, 15) is 9.59 Å². The molecule has 34 heavy (non-hydrogen) atoms. The molecule has 166 valence electrons. The number of Topliss-reactive ketones (excluding diaryl/α,β-unsaturated/α-hetero) is 1. The Kier molecular flexibility index (Phi) is 5.75. The van der Waals surface area contributed by atoms with E-state index in [0.717, 1.165) is 16.8 Å². The monoisotopic (exact) mass is 445 g/mol. The molecule has 5 heteroatoms. The third-order valence-electron chi connectivity index (χ3n) is 5.85. The highest BCUT2D eigenvalue weighted by Gasteiger charge is 2.44. The fourth-order valence-electron chi connectivity index (χ4n) is 4.19. The van der Waals surface area contributed by atoms with Gasteiger partial charge in [-0.15, -0.1) is 0 Å². The lowest BCUT2D eigenvalue weighted by Crippen LogP contribution is -2.32. The Balaban J connectivity index is 1.71. The number of ketones is 1. The number of nitrogens with one attached hydrogen (secondary N) is 1. The van der Waals surface area contributed by atoms with Crippen LogP contribution in [-0.2, 0) is 4.79 Å². The number of rotatable bonds is 6. The van der Waals surface area contributed by atoms with Crippen LogP contribution in [0.5, 0.6) is 0 Å². The van der Waals surface area contributed by atoms with Crippen LogP contribution in [0.25, 0.3) is 0 Å². The predicted octanol–water partition coefficient (Wildman–Crippen LogP) is 5.73. The number of aryl methyl sites for hydroxylation is 1. The van der Waals surface area contributed by atoms with Crippen molar-refractivity contribution in [2.45, 2.75) is 13.0 Å². The van der Waals surface area contributed by atoms with Crippen molar-refractivity contribution in [3.05, 3.63) is 137 Å². The van der Waals surface area contributed by atoms with Gasteiger partial charge in [0.05, 0.1) is 11.6 Å². The Morgan fingerprint density at radius 1 is 0.824 bits per heavy atom. The predicted molar refractivity (Wildman–Crippen MR) is 134 cm³/mol. The van der Waals surface area contributed by atoms with Gasteiger partial charge in [0, 0.05) is 17.4 Å². The second-order valence-electron chi connectivity index (χ2n) is 8.15. The van der Waals surface area contributed by atoms with Crippen LogP contribution in [0.15, 0.2) is 121 Å². The summed E-state index contributed by atoms with van der Waals surface area (Å²) in [5, 5.41) is 3.26. The van der Waals surface area contributed by atoms with Crippen molar-refractivity contribution in [3.63, 3.8) is 0 Å². The molecule has 3 aromatic carbocycles. The summed E-state index contributed by atoms with van der Waals surface area (Å²) < 4.78 is 0. The molecule has 0 radical (unpaired) electrons. The molecule has 5 nitrogen and oxygen atoms in total. The average Bonchev–Trinajstić information content (AvgIpc) is 3.18. The van der Waals surface area contributed by atoms with Gasteiger partial charge < -0.3 is 5.32 Å². The van der Waals surface area contributed by atoms with Crippen LogP contribution in [0.3, 0.4) is 0 Å². The van der Waals surface area contributed by atoms with Crippen molar-refractivity contribution in [2.24, 2.45) is 0 Å². The number of carbonyl (C=O) groups excluding carboxylic acids is 2. The van der Waals surface area contributed by atoms with Gasteiger partial charge in [0.2, 0.25) is 0 Å². The maximum Gasteiger partial charge on any atom is 0.277 e. The molecule has 1 aromatic heterocycles. The Labute approximate surface area is 198 Å². The van der Waals surface area contributed by atoms with Crippen molar-refractivity contribution in [1.82, 2.24) is 4.98 Å². The first-order valence-corrected chi connectivity index (χ1v) is 11.1. The summed E-state index contributed by atoms with van der Waals surface area (Å²) in [6.07, 6.45) is 1.65. The van der Waals surface area contributed by atoms with Gasteiger partial charge in [-0.05, 0) is 36.8 Å². The van der Waals surface area contributed by atoms with Crippen LogP contribution in [0, 0.1) is 6.92 Å². The number of hydrogen-bond acceptors (Lipinski definition) is 4. The van der Waals surface area contributed by atoms with Gasteiger partial charge in [0.1, 0.15) is 11.5 Å². The van der Waals surface area contributed by atoms with Crippen LogP contribution in [0.4, 0.5) is 11.5 Å². The highest BCUT2D eigenvalue weighted by Crippen LogP contribution is 2.42. The van der Waals surface area contributed by atoms with Crippen LogP contribution < -0.4 is 10.2 Å². The van der Waals surface area contributed by atoms with Gasteiger partial charge in [0.25, 0.3) is 5.91 Å². The molecule has 0 spiro atoms. The summed E-state index contributed by atoms with van der Waals surface area (Å²) in [5.41, 5.74) is 3.86. The first-order valence-electron chi connectivity index (χ1n) is 11.1. The molecule has 0 aliphatic carbocycles. The van der Waals surface area contributed by atoms with E-state index in [-0.39, 0.29) is 17.4 Å². The molecule has 0 bridgehead atoms. The van der Waals surface area contributed by atoms with Crippen molar-refractivity contribution in [2.75, 3.05) is 10.2 Å². The second-order valence-corrected chi connectivity index (χ2v) is 8.15. The van der Waals surface area contributed by atoms with Crippen LogP contribution in [0.1, 0.15) is 27.5 Å². The molecule has 5 rings (SSSR count). The van der Waals surface area contributed by atoms with Gasteiger partial charge in [0.15, 0.2) is 5.78 Å². The van der Waals surface area contributed by atoms with Crippen LogP contribution in [-0.4, -0.2) is 16.7 Å². The van der Waals surface area contributed by atoms with E-state index in [0.29, 0.717) is 17.0 Å². The Hall–Kier alpha value is -4.51. The summed E-state index contributed by atoms with van der Waals surface area (Å²) in [7, 11) is 0. The molecule has 1 amide bonds. The van der Waals surface area contributed by atoms with E-state index in [1.54, 1.807) is 35.4 Å². The Morgan fingerprint density at radius 2 is 1.47 bits per heavy atom. The zero-order chi connectivity index (χ0) is 23.5. The maximum atomic E-state index is 13.9. The molecule has 0 saturated heterocycles. The lowest BCUT2D eigenvalue weighted by molar-refractivity contribution is -0.114. The summed E-state index contributed by atoms with van der Waals surface area (Å²) >= 11 is 0. The zero-order valence-electron chi connectivity index (χ0n) is 18.7.